The first-order chi connectivity index (χ1) is 20.9. The molecular weight excluding hydrogens is 546 g/mol. The number of nitrogens with one attached hydrogen (secondary N) is 2. The zero-order valence-corrected chi connectivity index (χ0v) is 24.8. The van der Waals surface area contributed by atoms with E-state index in [0.717, 1.165) is 49.7 Å². The smallest absolute Gasteiger partial charge is 0.272 e. The van der Waals surface area contributed by atoms with Crippen molar-refractivity contribution in [3.05, 3.63) is 83.7 Å². The Kier molecular flexibility index (Phi) is 9.88. The summed E-state index contributed by atoms with van der Waals surface area (Å²) in [6.45, 7) is 5.30. The van der Waals surface area contributed by atoms with Crippen molar-refractivity contribution in [2.75, 3.05) is 38.6 Å². The molecule has 2 N–H and O–H groups in total. The van der Waals surface area contributed by atoms with Crippen LogP contribution in [0, 0.1) is 0 Å². The van der Waals surface area contributed by atoms with Crippen molar-refractivity contribution >= 4 is 23.4 Å². The first-order valence-electron chi connectivity index (χ1n) is 14.8. The summed E-state index contributed by atoms with van der Waals surface area (Å²) in [5.41, 5.74) is 2.75. The molecule has 3 aromatic rings. The molecule has 226 valence electrons. The van der Waals surface area contributed by atoms with Gasteiger partial charge in [0.2, 0.25) is 5.91 Å². The summed E-state index contributed by atoms with van der Waals surface area (Å²) in [6, 6.07) is 18.8. The van der Waals surface area contributed by atoms with E-state index in [9.17, 15) is 14.4 Å². The molecule has 1 aromatic heterocycles. The summed E-state index contributed by atoms with van der Waals surface area (Å²) in [7, 11) is 1.67. The van der Waals surface area contributed by atoms with Crippen LogP contribution in [0.25, 0.3) is 0 Å². The average Bonchev–Trinajstić information content (AvgIpc) is 3.03. The van der Waals surface area contributed by atoms with Crippen LogP contribution in [0.1, 0.15) is 59.0 Å². The molecule has 10 nitrogen and oxygen atoms in total. The van der Waals surface area contributed by atoms with Crippen LogP contribution in [-0.2, 0) is 11.3 Å². The predicted octanol–water partition coefficient (Wildman–Crippen LogP) is 4.13. The van der Waals surface area contributed by atoms with Gasteiger partial charge in [-0.3, -0.25) is 24.3 Å². The maximum atomic E-state index is 13.1. The van der Waals surface area contributed by atoms with E-state index in [1.807, 2.05) is 24.3 Å². The number of piperidine rings is 2. The van der Waals surface area contributed by atoms with Crippen molar-refractivity contribution in [2.45, 2.75) is 51.3 Å². The fourth-order valence-corrected chi connectivity index (χ4v) is 5.50. The first kappa shape index (κ1) is 30.0. The summed E-state index contributed by atoms with van der Waals surface area (Å²) < 4.78 is 11.3. The van der Waals surface area contributed by atoms with Gasteiger partial charge < -0.3 is 25.0 Å². The highest BCUT2D eigenvalue weighted by atomic mass is 16.5. The number of anilines is 1. The molecular formula is C33H39N5O5. The molecule has 2 aromatic carbocycles. The lowest BCUT2D eigenvalue weighted by Crippen LogP contribution is -2.44. The minimum atomic E-state index is -0.164. The van der Waals surface area contributed by atoms with Gasteiger partial charge in [-0.05, 0) is 66.9 Å². The zero-order chi connectivity index (χ0) is 30.2. The summed E-state index contributed by atoms with van der Waals surface area (Å²) in [6.07, 6.45) is 4.67. The number of methoxy groups -OCH3 is 1. The Morgan fingerprint density at radius 2 is 1.53 bits per heavy atom. The maximum Gasteiger partial charge on any atom is 0.272 e. The Balaban J connectivity index is 1.04. The third-order valence-electron chi connectivity index (χ3n) is 7.94. The highest BCUT2D eigenvalue weighted by molar-refractivity contribution is 5.96. The van der Waals surface area contributed by atoms with Gasteiger partial charge in [-0.2, -0.15) is 0 Å². The van der Waals surface area contributed by atoms with Crippen molar-refractivity contribution in [2.24, 2.45) is 0 Å². The second-order valence-corrected chi connectivity index (χ2v) is 11.1. The molecule has 2 aliphatic heterocycles. The van der Waals surface area contributed by atoms with Crippen LogP contribution < -0.4 is 20.1 Å². The van der Waals surface area contributed by atoms with Crippen LogP contribution in [0.4, 0.5) is 5.69 Å². The number of nitrogens with zero attached hydrogens (tertiary/aromatic N) is 3. The Labute approximate surface area is 252 Å². The topological polar surface area (TPSA) is 113 Å². The van der Waals surface area contributed by atoms with Crippen LogP contribution in [0.3, 0.4) is 0 Å². The van der Waals surface area contributed by atoms with Gasteiger partial charge in [0.1, 0.15) is 23.3 Å². The second kappa shape index (κ2) is 14.2. The number of pyridine rings is 1. The molecule has 0 bridgehead atoms. The van der Waals surface area contributed by atoms with Crippen LogP contribution in [-0.4, -0.2) is 77.9 Å². The van der Waals surface area contributed by atoms with Crippen molar-refractivity contribution < 1.29 is 23.9 Å². The molecule has 2 aliphatic rings. The number of ether oxygens (including phenoxy) is 2. The van der Waals surface area contributed by atoms with Gasteiger partial charge in [0.25, 0.3) is 11.8 Å². The number of carbonyl (C=O) groups is 3. The van der Waals surface area contributed by atoms with Gasteiger partial charge in [-0.1, -0.05) is 12.1 Å². The van der Waals surface area contributed by atoms with E-state index in [1.165, 1.54) is 18.7 Å². The number of hydrogen-bond donors (Lipinski definition) is 2. The molecule has 0 atom stereocenters. The molecule has 0 radical (unpaired) electrons. The number of likely N-dealkylation sites (tertiary alicyclic amines) is 2. The molecule has 0 spiro atoms. The lowest BCUT2D eigenvalue weighted by Gasteiger charge is -2.32. The van der Waals surface area contributed by atoms with Crippen molar-refractivity contribution in [3.8, 4) is 11.5 Å². The van der Waals surface area contributed by atoms with Gasteiger partial charge in [-0.15, -0.1) is 0 Å². The number of hydrogen-bond acceptors (Lipinski definition) is 7. The molecule has 3 amide bonds. The molecule has 2 fully saturated rings. The number of benzene rings is 2. The number of rotatable bonds is 9. The van der Waals surface area contributed by atoms with Crippen LogP contribution >= 0.6 is 0 Å². The van der Waals surface area contributed by atoms with Crippen LogP contribution in [0.5, 0.6) is 11.5 Å². The molecule has 0 unspecified atom stereocenters. The van der Waals surface area contributed by atoms with Crippen molar-refractivity contribution in [1.29, 1.82) is 0 Å². The third-order valence-corrected chi connectivity index (χ3v) is 7.94. The lowest BCUT2D eigenvalue weighted by atomic mass is 10.0. The molecule has 3 heterocycles. The summed E-state index contributed by atoms with van der Waals surface area (Å²) in [4.78, 5) is 45.6. The van der Waals surface area contributed by atoms with Crippen LogP contribution in [0.2, 0.25) is 0 Å². The number of aromatic nitrogens is 1. The monoisotopic (exact) mass is 585 g/mol. The molecule has 0 saturated carbocycles. The quantitative estimate of drug-likeness (QED) is 0.388. The summed E-state index contributed by atoms with van der Waals surface area (Å²) >= 11 is 0. The van der Waals surface area contributed by atoms with E-state index in [2.05, 4.69) is 32.7 Å². The highest BCUT2D eigenvalue weighted by Gasteiger charge is 2.26. The average molecular weight is 586 g/mol. The van der Waals surface area contributed by atoms with Gasteiger partial charge in [0, 0.05) is 70.4 Å². The van der Waals surface area contributed by atoms with Gasteiger partial charge in [-0.25, -0.2) is 0 Å². The summed E-state index contributed by atoms with van der Waals surface area (Å²) in [5.74, 6) is 1.16. The van der Waals surface area contributed by atoms with Gasteiger partial charge in [0.05, 0.1) is 12.7 Å². The minimum Gasteiger partial charge on any atom is -0.497 e. The summed E-state index contributed by atoms with van der Waals surface area (Å²) in [5, 5.41) is 5.87. The lowest BCUT2D eigenvalue weighted by molar-refractivity contribution is -0.114. The first-order valence-corrected chi connectivity index (χ1v) is 14.8. The Morgan fingerprint density at radius 3 is 2.14 bits per heavy atom. The molecule has 2 saturated heterocycles. The molecule has 10 heteroatoms. The Morgan fingerprint density at radius 1 is 0.860 bits per heavy atom. The van der Waals surface area contributed by atoms with Gasteiger partial charge in [0.15, 0.2) is 0 Å². The van der Waals surface area contributed by atoms with E-state index in [4.69, 9.17) is 9.47 Å². The zero-order valence-electron chi connectivity index (χ0n) is 24.8. The van der Waals surface area contributed by atoms with E-state index >= 15 is 0 Å². The van der Waals surface area contributed by atoms with E-state index < -0.39 is 0 Å². The number of carbonyl (C=O) groups excluding carboxylic acids is 3. The standard InChI is InChI=1S/C33H39N5O5/c1-23(39)35-26-6-10-29(11-7-26)43-30-15-19-38(20-16-30)33(41)31-12-5-25(21-34-31)32(40)36-27-13-17-37(18-14-27)22-24-3-8-28(42-2)9-4-24/h3-12,21,27,30H,13-20,22H2,1-2H3,(H,35,39)(H,36,40). The SMILES string of the molecule is COc1ccc(CN2CCC(NC(=O)c3ccc(C(=O)N4CCC(Oc5ccc(NC(C)=O)cc5)CC4)nc3)CC2)cc1. The normalized spacial score (nSPS) is 16.4. The van der Waals surface area contributed by atoms with E-state index in [1.54, 1.807) is 36.3 Å². The van der Waals surface area contributed by atoms with Crippen LogP contribution in [0.15, 0.2) is 66.9 Å². The highest BCUT2D eigenvalue weighted by Crippen LogP contribution is 2.22. The number of amides is 3. The molecule has 43 heavy (non-hydrogen) atoms. The second-order valence-electron chi connectivity index (χ2n) is 11.1. The van der Waals surface area contributed by atoms with E-state index in [0.29, 0.717) is 37.2 Å². The fourth-order valence-electron chi connectivity index (χ4n) is 5.50. The fraction of sp³-hybridized carbons (Fsp3) is 0.394. The third kappa shape index (κ3) is 8.32. The molecule has 5 rings (SSSR count). The van der Waals surface area contributed by atoms with Crippen molar-refractivity contribution in [3.63, 3.8) is 0 Å². The van der Waals surface area contributed by atoms with Crippen molar-refractivity contribution in [1.82, 2.24) is 20.1 Å². The minimum absolute atomic E-state index is 0.00371. The largest absolute Gasteiger partial charge is 0.497 e. The van der Waals surface area contributed by atoms with Gasteiger partial charge >= 0.3 is 0 Å². The molecule has 0 aliphatic carbocycles. The Hall–Kier alpha value is -4.44. The maximum absolute atomic E-state index is 13.1. The van der Waals surface area contributed by atoms with E-state index in [-0.39, 0.29) is 29.9 Å². The predicted molar refractivity (Wildman–Crippen MR) is 163 cm³/mol. The Bertz CT molecular complexity index is 1380.